The number of aromatic nitrogens is 3. The first-order valence-corrected chi connectivity index (χ1v) is 6.43. The molecule has 0 radical (unpaired) electrons. The van der Waals surface area contributed by atoms with Gasteiger partial charge in [0.05, 0.1) is 24.4 Å². The van der Waals surface area contributed by atoms with Crippen LogP contribution < -0.4 is 9.64 Å². The molecule has 0 spiro atoms. The zero-order valence-corrected chi connectivity index (χ0v) is 10.7. The Labute approximate surface area is 108 Å². The molecule has 0 aliphatic carbocycles. The summed E-state index contributed by atoms with van der Waals surface area (Å²) in [5.41, 5.74) is 1.15. The van der Waals surface area contributed by atoms with Crippen molar-refractivity contribution in [1.29, 1.82) is 5.26 Å². The van der Waals surface area contributed by atoms with E-state index in [2.05, 4.69) is 24.7 Å². The van der Waals surface area contributed by atoms with E-state index in [1.54, 1.807) is 0 Å². The highest BCUT2D eigenvalue weighted by atomic mass is 32.1. The molecule has 3 rings (SSSR count). The third kappa shape index (κ3) is 1.57. The molecule has 1 saturated heterocycles. The highest BCUT2D eigenvalue weighted by molar-refractivity contribution is 6.99. The van der Waals surface area contributed by atoms with Gasteiger partial charge >= 0.3 is 0 Å². The van der Waals surface area contributed by atoms with Crippen LogP contribution in [-0.2, 0) is 0 Å². The van der Waals surface area contributed by atoms with Crippen molar-refractivity contribution in [2.45, 2.75) is 12.8 Å². The van der Waals surface area contributed by atoms with Gasteiger partial charge in [-0.15, -0.1) is 0 Å². The average Bonchev–Trinajstić information content (AvgIpc) is 3.04. The van der Waals surface area contributed by atoms with Crippen LogP contribution in [0.2, 0.25) is 0 Å². The highest BCUT2D eigenvalue weighted by Gasteiger charge is 2.28. The second-order valence-electron chi connectivity index (χ2n) is 4.09. The van der Waals surface area contributed by atoms with E-state index in [0.29, 0.717) is 17.3 Å². The fourth-order valence-corrected chi connectivity index (χ4v) is 2.78. The van der Waals surface area contributed by atoms with Crippen molar-refractivity contribution in [3.8, 4) is 23.3 Å². The van der Waals surface area contributed by atoms with Crippen LogP contribution in [-0.4, -0.2) is 33.9 Å². The van der Waals surface area contributed by atoms with Gasteiger partial charge in [0.25, 0.3) is 0 Å². The van der Waals surface area contributed by atoms with E-state index in [4.69, 9.17) is 4.74 Å². The molecular weight excluding hydrogens is 250 g/mol. The Bertz CT molecular complexity index is 584. The van der Waals surface area contributed by atoms with E-state index >= 15 is 0 Å². The third-order valence-electron chi connectivity index (χ3n) is 3.08. The topological polar surface area (TPSA) is 74.9 Å². The summed E-state index contributed by atoms with van der Waals surface area (Å²) in [5, 5.41) is 9.26. The summed E-state index contributed by atoms with van der Waals surface area (Å²) in [6.45, 7) is 1.94. The second-order valence-corrected chi connectivity index (χ2v) is 4.62. The van der Waals surface area contributed by atoms with E-state index in [0.717, 1.165) is 49.0 Å². The van der Waals surface area contributed by atoms with Gasteiger partial charge in [-0.05, 0) is 12.8 Å². The van der Waals surface area contributed by atoms with E-state index in [9.17, 15) is 5.26 Å². The van der Waals surface area contributed by atoms with Gasteiger partial charge in [-0.2, -0.15) is 19.0 Å². The van der Waals surface area contributed by atoms with Crippen LogP contribution in [0.25, 0.3) is 11.4 Å². The fraction of sp³-hybridized carbons (Fsp3) is 0.455. The summed E-state index contributed by atoms with van der Waals surface area (Å²) in [7, 11) is 1.51. The predicted molar refractivity (Wildman–Crippen MR) is 67.0 cm³/mol. The van der Waals surface area contributed by atoms with E-state index in [-0.39, 0.29) is 0 Å². The number of hydrogen-bond donors (Lipinski definition) is 0. The van der Waals surface area contributed by atoms with Crippen molar-refractivity contribution in [2.24, 2.45) is 0 Å². The normalized spacial score (nSPS) is 15.0. The van der Waals surface area contributed by atoms with Crippen LogP contribution in [0.1, 0.15) is 18.4 Å². The maximum Gasteiger partial charge on any atom is 0.234 e. The van der Waals surface area contributed by atoms with E-state index in [1.165, 1.54) is 7.11 Å². The Morgan fingerprint density at radius 1 is 1.33 bits per heavy atom. The van der Waals surface area contributed by atoms with Crippen LogP contribution in [0.4, 0.5) is 5.82 Å². The van der Waals surface area contributed by atoms with Gasteiger partial charge in [-0.1, -0.05) is 0 Å². The van der Waals surface area contributed by atoms with Crippen molar-refractivity contribution in [3.05, 3.63) is 5.56 Å². The van der Waals surface area contributed by atoms with Crippen molar-refractivity contribution in [3.63, 3.8) is 0 Å². The average molecular weight is 261 g/mol. The number of rotatable bonds is 2. The number of methoxy groups -OCH3 is 1. The summed E-state index contributed by atoms with van der Waals surface area (Å²) in [6, 6.07) is 2.14. The lowest BCUT2D eigenvalue weighted by atomic mass is 10.2. The van der Waals surface area contributed by atoms with Crippen LogP contribution in [0.3, 0.4) is 0 Å². The maximum atomic E-state index is 9.26. The summed E-state index contributed by atoms with van der Waals surface area (Å²) < 4.78 is 13.6. The minimum Gasteiger partial charge on any atom is -0.480 e. The van der Waals surface area contributed by atoms with E-state index < -0.39 is 0 Å². The molecule has 7 heteroatoms. The van der Waals surface area contributed by atoms with Gasteiger partial charge in [-0.3, -0.25) is 0 Å². The van der Waals surface area contributed by atoms with Crippen molar-refractivity contribution < 1.29 is 4.74 Å². The first-order valence-electron chi connectivity index (χ1n) is 5.70. The molecule has 0 N–H and O–H groups in total. The fourth-order valence-electron chi connectivity index (χ4n) is 2.24. The lowest BCUT2D eigenvalue weighted by Crippen LogP contribution is -2.20. The molecule has 0 aromatic heterocycles. The molecule has 3 heterocycles. The first-order chi connectivity index (χ1) is 8.85. The zero-order valence-electron chi connectivity index (χ0n) is 9.88. The largest absolute Gasteiger partial charge is 0.480 e. The van der Waals surface area contributed by atoms with Crippen molar-refractivity contribution >= 4 is 17.5 Å². The van der Waals surface area contributed by atoms with Crippen LogP contribution in [0, 0.1) is 11.3 Å². The Morgan fingerprint density at radius 3 is 2.78 bits per heavy atom. The minimum absolute atomic E-state index is 0.334. The number of nitrogens with zero attached hydrogens (tertiary/aromatic N) is 5. The number of nitriles is 1. The highest BCUT2D eigenvalue weighted by Crippen LogP contribution is 2.38. The summed E-state index contributed by atoms with van der Waals surface area (Å²) in [4.78, 5) is 6.40. The van der Waals surface area contributed by atoms with Gasteiger partial charge < -0.3 is 9.64 Å². The molecule has 0 amide bonds. The SMILES string of the molecule is COc1nc2nsnc(N3CCCC3)c-2c1C#N. The standard InChI is InChI=1S/C11H11N5OS/c1-17-11-7(6-12)8-9(13-11)14-18-15-10(8)16-4-2-3-5-16/h2-5H2,1H3. The Morgan fingerprint density at radius 2 is 2.11 bits per heavy atom. The van der Waals surface area contributed by atoms with Gasteiger partial charge in [-0.25, -0.2) is 0 Å². The quantitative estimate of drug-likeness (QED) is 0.816. The van der Waals surface area contributed by atoms with Crippen molar-refractivity contribution in [2.75, 3.05) is 25.1 Å². The molecule has 0 aromatic carbocycles. The summed E-state index contributed by atoms with van der Waals surface area (Å²) >= 11 is 1.12. The number of anilines is 1. The lowest BCUT2D eigenvalue weighted by molar-refractivity contribution is 0.400. The lowest BCUT2D eigenvalue weighted by Gasteiger charge is -2.17. The molecule has 0 unspecified atom stereocenters. The molecule has 6 nitrogen and oxygen atoms in total. The maximum absolute atomic E-state index is 9.26. The van der Waals surface area contributed by atoms with Crippen LogP contribution in [0.15, 0.2) is 0 Å². The molecule has 1 fully saturated rings. The molecule has 18 heavy (non-hydrogen) atoms. The van der Waals surface area contributed by atoms with Gasteiger partial charge in [0.15, 0.2) is 11.6 Å². The summed E-state index contributed by atoms with van der Waals surface area (Å²) in [6.07, 6.45) is 2.31. The number of hydrogen-bond acceptors (Lipinski definition) is 7. The molecule has 3 aliphatic rings. The molecule has 0 bridgehead atoms. The molecular formula is C11H11N5OS. The van der Waals surface area contributed by atoms with Crippen molar-refractivity contribution in [1.82, 2.24) is 13.7 Å². The summed E-state index contributed by atoms with van der Waals surface area (Å²) in [5.74, 6) is 1.70. The number of fused-ring (bicyclic) bond motifs is 1. The first kappa shape index (κ1) is 11.2. The zero-order chi connectivity index (χ0) is 12.5. The molecule has 3 aliphatic heterocycles. The number of ether oxygens (including phenoxy) is 1. The van der Waals surface area contributed by atoms with Crippen LogP contribution >= 0.6 is 11.7 Å². The second kappa shape index (κ2) is 4.38. The van der Waals surface area contributed by atoms with Crippen LogP contribution in [0.5, 0.6) is 5.88 Å². The third-order valence-corrected chi connectivity index (χ3v) is 3.59. The Kier molecular flexibility index (Phi) is 2.72. The molecule has 92 valence electrons. The Hall–Kier alpha value is -1.94. The Balaban J connectivity index is 2.20. The molecule has 0 aromatic rings. The van der Waals surface area contributed by atoms with Gasteiger partial charge in [0.2, 0.25) is 5.88 Å². The molecule has 0 atom stereocenters. The van der Waals surface area contributed by atoms with Gasteiger partial charge in [0.1, 0.15) is 11.6 Å². The van der Waals surface area contributed by atoms with Gasteiger partial charge in [0, 0.05) is 13.1 Å². The smallest absolute Gasteiger partial charge is 0.234 e. The predicted octanol–water partition coefficient (Wildman–Crippen LogP) is 1.52. The van der Waals surface area contributed by atoms with E-state index in [1.807, 2.05) is 0 Å². The monoisotopic (exact) mass is 261 g/mol. The molecule has 0 saturated carbocycles. The minimum atomic E-state index is 0.334.